The van der Waals surface area contributed by atoms with E-state index in [2.05, 4.69) is 17.1 Å². The number of fused-ring (bicyclic) bond motifs is 2. The topological polar surface area (TPSA) is 123 Å². The standard InChI is InChI=1S/C17H16N4O4/c1-22-10-3-4-12(23-2)11(7-10)13-15(8-18)14(20)21-17(16(13,15)9-19)24-5-6-25-17/h3-4,7,13H,5-6H2,1-2H3,(H2,20,21)/t13-,15+,16+/m0/s1. The van der Waals surface area contributed by atoms with Crippen molar-refractivity contribution in [2.24, 2.45) is 21.6 Å². The molecule has 1 saturated carbocycles. The summed E-state index contributed by atoms with van der Waals surface area (Å²) in [5.41, 5.74) is 4.06. The maximum atomic E-state index is 10.1. The molecule has 8 nitrogen and oxygen atoms in total. The van der Waals surface area contributed by atoms with Gasteiger partial charge < -0.3 is 24.7 Å². The molecule has 0 aromatic heterocycles. The number of nitrogens with zero attached hydrogens (tertiary/aromatic N) is 3. The molecule has 8 heteroatoms. The molecule has 1 aromatic rings. The van der Waals surface area contributed by atoms with Gasteiger partial charge in [-0.05, 0) is 18.2 Å². The second kappa shape index (κ2) is 4.85. The quantitative estimate of drug-likeness (QED) is 0.866. The van der Waals surface area contributed by atoms with Crippen molar-refractivity contribution in [2.45, 2.75) is 11.8 Å². The Balaban J connectivity index is 1.95. The lowest BCUT2D eigenvalue weighted by Crippen LogP contribution is -2.38. The molecule has 1 saturated heterocycles. The molecule has 1 spiro atoms. The summed E-state index contributed by atoms with van der Waals surface area (Å²) in [4.78, 5) is 4.24. The molecule has 1 aromatic carbocycles. The summed E-state index contributed by atoms with van der Waals surface area (Å²) >= 11 is 0. The van der Waals surface area contributed by atoms with Crippen molar-refractivity contribution in [3.05, 3.63) is 23.8 Å². The van der Waals surface area contributed by atoms with Crippen LogP contribution >= 0.6 is 0 Å². The third-order valence-electron chi connectivity index (χ3n) is 5.35. The Labute approximate surface area is 144 Å². The van der Waals surface area contributed by atoms with Crippen molar-refractivity contribution < 1.29 is 18.9 Å². The van der Waals surface area contributed by atoms with E-state index in [9.17, 15) is 10.5 Å². The number of hydrogen-bond donors (Lipinski definition) is 1. The maximum absolute atomic E-state index is 10.1. The van der Waals surface area contributed by atoms with Crippen LogP contribution in [-0.2, 0) is 9.47 Å². The molecular formula is C17H16N4O4. The molecule has 3 atom stereocenters. The van der Waals surface area contributed by atoms with E-state index < -0.39 is 22.7 Å². The first-order valence-electron chi connectivity index (χ1n) is 7.75. The SMILES string of the molecule is COc1ccc(OC)c([C@H]2[C@]3(C#N)C(N)=NC4(OCCO4)[C@]23C#N)c1. The smallest absolute Gasteiger partial charge is 0.293 e. The van der Waals surface area contributed by atoms with E-state index in [1.165, 1.54) is 7.11 Å². The second-order valence-electron chi connectivity index (χ2n) is 6.16. The third-order valence-corrected chi connectivity index (χ3v) is 5.35. The number of aliphatic imine (C=N–C) groups is 1. The summed E-state index contributed by atoms with van der Waals surface area (Å²) in [5, 5.41) is 20.0. The largest absolute Gasteiger partial charge is 0.497 e. The van der Waals surface area contributed by atoms with Crippen molar-refractivity contribution in [1.29, 1.82) is 10.5 Å². The van der Waals surface area contributed by atoms with E-state index in [4.69, 9.17) is 24.7 Å². The lowest BCUT2D eigenvalue weighted by Gasteiger charge is -2.26. The van der Waals surface area contributed by atoms with Crippen LogP contribution in [0.1, 0.15) is 11.5 Å². The summed E-state index contributed by atoms with van der Waals surface area (Å²) in [6, 6.07) is 9.67. The van der Waals surface area contributed by atoms with E-state index in [1.807, 2.05) is 0 Å². The normalized spacial score (nSPS) is 33.9. The van der Waals surface area contributed by atoms with Gasteiger partial charge in [-0.3, -0.25) is 0 Å². The van der Waals surface area contributed by atoms with Crippen molar-refractivity contribution in [3.8, 4) is 23.6 Å². The molecule has 25 heavy (non-hydrogen) atoms. The van der Waals surface area contributed by atoms with Gasteiger partial charge in [0, 0.05) is 11.5 Å². The molecule has 2 heterocycles. The highest BCUT2D eigenvalue weighted by Gasteiger charge is 2.94. The fourth-order valence-corrected chi connectivity index (χ4v) is 4.25. The molecule has 1 aliphatic carbocycles. The molecule has 3 aliphatic rings. The first kappa shape index (κ1) is 15.7. The van der Waals surface area contributed by atoms with Crippen LogP contribution < -0.4 is 15.2 Å². The Morgan fingerprint density at radius 1 is 1.20 bits per heavy atom. The lowest BCUT2D eigenvalue weighted by molar-refractivity contribution is -0.184. The van der Waals surface area contributed by atoms with E-state index in [1.54, 1.807) is 25.3 Å². The second-order valence-corrected chi connectivity index (χ2v) is 6.16. The molecule has 2 fully saturated rings. The van der Waals surface area contributed by atoms with E-state index >= 15 is 0 Å². The average molecular weight is 340 g/mol. The lowest BCUT2D eigenvalue weighted by atomic mass is 9.93. The summed E-state index contributed by atoms with van der Waals surface area (Å²) in [7, 11) is 3.07. The molecule has 2 N–H and O–H groups in total. The van der Waals surface area contributed by atoms with Gasteiger partial charge in [-0.15, -0.1) is 0 Å². The zero-order valence-corrected chi connectivity index (χ0v) is 13.8. The predicted molar refractivity (Wildman–Crippen MR) is 84.6 cm³/mol. The highest BCUT2D eigenvalue weighted by Crippen LogP contribution is 2.83. The minimum Gasteiger partial charge on any atom is -0.497 e. The highest BCUT2D eigenvalue weighted by molar-refractivity contribution is 6.00. The number of ether oxygens (including phenoxy) is 4. The van der Waals surface area contributed by atoms with Crippen molar-refractivity contribution in [3.63, 3.8) is 0 Å². The summed E-state index contributed by atoms with van der Waals surface area (Å²) in [6.45, 7) is 0.563. The van der Waals surface area contributed by atoms with Crippen LogP contribution in [0.5, 0.6) is 11.5 Å². The number of nitriles is 2. The van der Waals surface area contributed by atoms with Gasteiger partial charge in [0.05, 0.1) is 39.6 Å². The van der Waals surface area contributed by atoms with Crippen LogP contribution in [0.4, 0.5) is 0 Å². The molecule has 0 radical (unpaired) electrons. The van der Waals surface area contributed by atoms with Crippen LogP contribution in [0.25, 0.3) is 0 Å². The third kappa shape index (κ3) is 1.50. The van der Waals surface area contributed by atoms with E-state index in [-0.39, 0.29) is 19.0 Å². The van der Waals surface area contributed by atoms with Gasteiger partial charge in [-0.2, -0.15) is 10.5 Å². The van der Waals surface area contributed by atoms with Gasteiger partial charge in [-0.25, -0.2) is 4.99 Å². The van der Waals surface area contributed by atoms with Gasteiger partial charge >= 0.3 is 0 Å². The summed E-state index contributed by atoms with van der Waals surface area (Å²) < 4.78 is 22.1. The predicted octanol–water partition coefficient (Wildman–Crippen LogP) is 0.892. The zero-order chi connectivity index (χ0) is 17.9. The number of benzene rings is 1. The van der Waals surface area contributed by atoms with Crippen LogP contribution in [-0.4, -0.2) is 39.2 Å². The average Bonchev–Trinajstić information content (AvgIpc) is 2.88. The van der Waals surface area contributed by atoms with Crippen LogP contribution in [0.3, 0.4) is 0 Å². The zero-order valence-electron chi connectivity index (χ0n) is 13.8. The van der Waals surface area contributed by atoms with Gasteiger partial charge in [0.25, 0.3) is 5.91 Å². The number of hydrogen-bond acceptors (Lipinski definition) is 8. The van der Waals surface area contributed by atoms with Crippen LogP contribution in [0.15, 0.2) is 23.2 Å². The molecule has 128 valence electrons. The molecule has 4 rings (SSSR count). The fourth-order valence-electron chi connectivity index (χ4n) is 4.25. The molecule has 2 aliphatic heterocycles. The minimum atomic E-state index is -1.56. The maximum Gasteiger partial charge on any atom is 0.293 e. The fraction of sp³-hybridized carbons (Fsp3) is 0.471. The van der Waals surface area contributed by atoms with Crippen molar-refractivity contribution >= 4 is 5.84 Å². The van der Waals surface area contributed by atoms with Crippen LogP contribution in [0.2, 0.25) is 0 Å². The summed E-state index contributed by atoms with van der Waals surface area (Å²) in [6.07, 6.45) is 0. The Bertz CT molecular complexity index is 864. The Hall–Kier alpha value is -2.81. The minimum absolute atomic E-state index is 0.0494. The van der Waals surface area contributed by atoms with E-state index in [0.29, 0.717) is 17.1 Å². The van der Waals surface area contributed by atoms with Gasteiger partial charge in [-0.1, -0.05) is 0 Å². The Kier molecular flexibility index (Phi) is 3.05. The highest BCUT2D eigenvalue weighted by atomic mass is 16.8. The molecule has 0 unspecified atom stereocenters. The van der Waals surface area contributed by atoms with Crippen LogP contribution in [0, 0.1) is 33.5 Å². The number of methoxy groups -OCH3 is 2. The first-order chi connectivity index (χ1) is 12.1. The number of amidine groups is 1. The Morgan fingerprint density at radius 3 is 2.48 bits per heavy atom. The first-order valence-corrected chi connectivity index (χ1v) is 7.75. The molecule has 0 bridgehead atoms. The van der Waals surface area contributed by atoms with Crippen molar-refractivity contribution in [1.82, 2.24) is 0 Å². The number of nitrogens with two attached hydrogens (primary N) is 1. The monoisotopic (exact) mass is 340 g/mol. The Morgan fingerprint density at radius 2 is 1.92 bits per heavy atom. The van der Waals surface area contributed by atoms with Gasteiger partial charge in [0.2, 0.25) is 0 Å². The molecule has 0 amide bonds. The van der Waals surface area contributed by atoms with E-state index in [0.717, 1.165) is 0 Å². The van der Waals surface area contributed by atoms with Gasteiger partial charge in [0.1, 0.15) is 22.7 Å². The number of rotatable bonds is 3. The summed E-state index contributed by atoms with van der Waals surface area (Å²) in [5.74, 6) is -0.991. The van der Waals surface area contributed by atoms with Crippen molar-refractivity contribution in [2.75, 3.05) is 27.4 Å². The molecular weight excluding hydrogens is 324 g/mol. The van der Waals surface area contributed by atoms with Gasteiger partial charge in [0.15, 0.2) is 5.41 Å².